The van der Waals surface area contributed by atoms with Crippen LogP contribution in [0, 0.1) is 0 Å². The molecule has 4 nitrogen and oxygen atoms in total. The first-order valence-electron chi connectivity index (χ1n) is 6.20. The molecule has 0 fully saturated rings. The van der Waals surface area contributed by atoms with E-state index in [4.69, 9.17) is 4.74 Å². The smallest absolute Gasteiger partial charge is 0.226 e. The number of aliphatic hydroxyl groups excluding tert-OH is 1. The van der Waals surface area contributed by atoms with Crippen molar-refractivity contribution < 1.29 is 14.6 Å². The highest BCUT2D eigenvalue weighted by Gasteiger charge is 2.19. The first kappa shape index (κ1) is 13.1. The first-order valence-corrected chi connectivity index (χ1v) is 6.20. The van der Waals surface area contributed by atoms with Crippen molar-refractivity contribution in [3.05, 3.63) is 29.3 Å². The maximum absolute atomic E-state index is 11.8. The second kappa shape index (κ2) is 5.50. The van der Waals surface area contributed by atoms with Crippen molar-refractivity contribution in [2.45, 2.75) is 25.4 Å². The minimum atomic E-state index is -0.607. The number of methoxy groups -OCH3 is 1. The third-order valence-electron chi connectivity index (χ3n) is 3.39. The largest absolute Gasteiger partial charge is 0.386 e. The van der Waals surface area contributed by atoms with Gasteiger partial charge in [0.25, 0.3) is 0 Å². The molecule has 1 aliphatic rings. The summed E-state index contributed by atoms with van der Waals surface area (Å²) in [6.07, 6.45) is 1.71. The number of nitrogens with zero attached hydrogens (tertiary/aromatic N) is 1. The van der Waals surface area contributed by atoms with Crippen molar-refractivity contribution in [2.75, 3.05) is 25.7 Å². The number of ether oxygens (including phenoxy) is 1. The van der Waals surface area contributed by atoms with Crippen LogP contribution < -0.4 is 4.90 Å². The van der Waals surface area contributed by atoms with Crippen molar-refractivity contribution in [3.63, 3.8) is 0 Å². The van der Waals surface area contributed by atoms with E-state index >= 15 is 0 Å². The Kier molecular flexibility index (Phi) is 3.99. The van der Waals surface area contributed by atoms with E-state index in [0.717, 1.165) is 29.7 Å². The summed E-state index contributed by atoms with van der Waals surface area (Å²) in [5.74, 6) is 0.152. The van der Waals surface area contributed by atoms with Crippen molar-refractivity contribution in [3.8, 4) is 0 Å². The molecule has 1 N–H and O–H groups in total. The van der Waals surface area contributed by atoms with Gasteiger partial charge in [-0.25, -0.2) is 0 Å². The molecule has 1 aliphatic heterocycles. The topological polar surface area (TPSA) is 49.8 Å². The molecule has 18 heavy (non-hydrogen) atoms. The highest BCUT2D eigenvalue weighted by atomic mass is 16.5. The number of aliphatic hydroxyl groups is 1. The molecule has 0 spiro atoms. The molecule has 1 unspecified atom stereocenters. The monoisotopic (exact) mass is 249 g/mol. The molecule has 0 aliphatic carbocycles. The van der Waals surface area contributed by atoms with Crippen LogP contribution >= 0.6 is 0 Å². The van der Waals surface area contributed by atoms with Gasteiger partial charge in [0.2, 0.25) is 5.91 Å². The lowest BCUT2D eigenvalue weighted by Gasteiger charge is -2.19. The van der Waals surface area contributed by atoms with E-state index in [0.29, 0.717) is 6.42 Å². The molecule has 1 heterocycles. The van der Waals surface area contributed by atoms with Crippen LogP contribution in [0.3, 0.4) is 0 Å². The maximum Gasteiger partial charge on any atom is 0.226 e. The molecule has 1 atom stereocenters. The van der Waals surface area contributed by atoms with E-state index < -0.39 is 6.10 Å². The molecule has 0 saturated heterocycles. The molecule has 98 valence electrons. The van der Waals surface area contributed by atoms with Crippen LogP contribution in [0.25, 0.3) is 0 Å². The normalized spacial score (nSPS) is 17.3. The second-order valence-corrected chi connectivity index (χ2v) is 4.67. The Morgan fingerprint density at radius 1 is 1.44 bits per heavy atom. The highest BCUT2D eigenvalue weighted by molar-refractivity contribution is 5.94. The molecular formula is C14H19NO3. The quantitative estimate of drug-likeness (QED) is 0.886. The number of hydrogen-bond donors (Lipinski definition) is 1. The number of anilines is 1. The average molecular weight is 249 g/mol. The van der Waals surface area contributed by atoms with Crippen LogP contribution in [0.2, 0.25) is 0 Å². The van der Waals surface area contributed by atoms with Gasteiger partial charge in [0.05, 0.1) is 6.61 Å². The molecule has 0 aromatic heterocycles. The zero-order valence-corrected chi connectivity index (χ0v) is 10.8. The number of aryl methyl sites for hydroxylation is 1. The van der Waals surface area contributed by atoms with Gasteiger partial charge in [-0.05, 0) is 30.0 Å². The lowest BCUT2D eigenvalue weighted by Crippen LogP contribution is -2.25. The Morgan fingerprint density at radius 3 is 2.94 bits per heavy atom. The standard InChI is InChI=1S/C14H19NO3/c1-15-12-7-6-11(13(16)9-18-2)8-10(12)4-3-5-14(15)17/h6-8,13,16H,3-5,9H2,1-2H3. The summed E-state index contributed by atoms with van der Waals surface area (Å²) in [6, 6.07) is 5.75. The van der Waals surface area contributed by atoms with Gasteiger partial charge in [-0.2, -0.15) is 0 Å². The van der Waals surface area contributed by atoms with Gasteiger partial charge in [0.1, 0.15) is 6.10 Å². The predicted molar refractivity (Wildman–Crippen MR) is 69.6 cm³/mol. The molecule has 0 radical (unpaired) electrons. The van der Waals surface area contributed by atoms with Crippen LogP contribution in [0.5, 0.6) is 0 Å². The van der Waals surface area contributed by atoms with Gasteiger partial charge in [-0.1, -0.05) is 12.1 Å². The number of benzene rings is 1. The molecule has 1 aromatic carbocycles. The number of carbonyl (C=O) groups is 1. The van der Waals surface area contributed by atoms with Crippen LogP contribution in [-0.4, -0.2) is 31.8 Å². The van der Waals surface area contributed by atoms with E-state index in [1.165, 1.54) is 0 Å². The van der Waals surface area contributed by atoms with E-state index in [1.54, 1.807) is 19.1 Å². The van der Waals surface area contributed by atoms with Crippen LogP contribution in [0.4, 0.5) is 5.69 Å². The van der Waals surface area contributed by atoms with E-state index in [-0.39, 0.29) is 12.5 Å². The van der Waals surface area contributed by atoms with Gasteiger partial charge < -0.3 is 14.7 Å². The van der Waals surface area contributed by atoms with Gasteiger partial charge >= 0.3 is 0 Å². The number of rotatable bonds is 3. The zero-order valence-electron chi connectivity index (χ0n) is 10.8. The Morgan fingerprint density at radius 2 is 2.22 bits per heavy atom. The minimum absolute atomic E-state index is 0.152. The molecule has 4 heteroatoms. The summed E-state index contributed by atoms with van der Waals surface area (Å²) in [6.45, 7) is 0.285. The predicted octanol–water partition coefficient (Wildman–Crippen LogP) is 1.67. The van der Waals surface area contributed by atoms with Crippen LogP contribution in [-0.2, 0) is 16.0 Å². The van der Waals surface area contributed by atoms with Crippen LogP contribution in [0.15, 0.2) is 18.2 Å². The zero-order chi connectivity index (χ0) is 13.1. The fourth-order valence-electron chi connectivity index (χ4n) is 2.33. The average Bonchev–Trinajstić information content (AvgIpc) is 2.50. The van der Waals surface area contributed by atoms with Gasteiger partial charge in [-0.3, -0.25) is 4.79 Å². The summed E-state index contributed by atoms with van der Waals surface area (Å²) < 4.78 is 4.95. The van der Waals surface area contributed by atoms with E-state index in [2.05, 4.69) is 0 Å². The Bertz CT molecular complexity index is 445. The maximum atomic E-state index is 11.8. The van der Waals surface area contributed by atoms with E-state index in [1.807, 2.05) is 18.2 Å². The molecule has 1 amide bonds. The lowest BCUT2D eigenvalue weighted by atomic mass is 10.0. The summed E-state index contributed by atoms with van der Waals surface area (Å²) in [5.41, 5.74) is 2.92. The van der Waals surface area contributed by atoms with Crippen molar-refractivity contribution >= 4 is 11.6 Å². The first-order chi connectivity index (χ1) is 8.63. The van der Waals surface area contributed by atoms with Crippen molar-refractivity contribution in [1.82, 2.24) is 0 Å². The molecular weight excluding hydrogens is 230 g/mol. The Balaban J connectivity index is 2.31. The van der Waals surface area contributed by atoms with E-state index in [9.17, 15) is 9.90 Å². The van der Waals surface area contributed by atoms with Crippen LogP contribution in [0.1, 0.15) is 30.1 Å². The number of hydrogen-bond acceptors (Lipinski definition) is 3. The summed E-state index contributed by atoms with van der Waals surface area (Å²) in [7, 11) is 3.37. The number of carbonyl (C=O) groups excluding carboxylic acids is 1. The number of amides is 1. The van der Waals surface area contributed by atoms with Crippen molar-refractivity contribution in [1.29, 1.82) is 0 Å². The third-order valence-corrected chi connectivity index (χ3v) is 3.39. The summed E-state index contributed by atoms with van der Waals surface area (Å²) in [5, 5.41) is 9.90. The molecule has 2 rings (SSSR count). The molecule has 0 saturated carbocycles. The minimum Gasteiger partial charge on any atom is -0.386 e. The molecule has 1 aromatic rings. The Labute approximate surface area is 107 Å². The van der Waals surface area contributed by atoms with Gasteiger partial charge in [0.15, 0.2) is 0 Å². The Hall–Kier alpha value is -1.39. The van der Waals surface area contributed by atoms with Gasteiger partial charge in [0, 0.05) is 26.3 Å². The highest BCUT2D eigenvalue weighted by Crippen LogP contribution is 2.28. The lowest BCUT2D eigenvalue weighted by molar-refractivity contribution is -0.118. The SMILES string of the molecule is COCC(O)c1ccc2c(c1)CCCC(=O)N2C. The second-order valence-electron chi connectivity index (χ2n) is 4.67. The fraction of sp³-hybridized carbons (Fsp3) is 0.500. The van der Waals surface area contributed by atoms with Gasteiger partial charge in [-0.15, -0.1) is 0 Å². The fourth-order valence-corrected chi connectivity index (χ4v) is 2.33. The summed E-state index contributed by atoms with van der Waals surface area (Å²) >= 11 is 0. The third kappa shape index (κ3) is 2.54. The van der Waals surface area contributed by atoms with Crippen molar-refractivity contribution in [2.24, 2.45) is 0 Å². The summed E-state index contributed by atoms with van der Waals surface area (Å²) in [4.78, 5) is 13.5. The molecule has 0 bridgehead atoms. The number of fused-ring (bicyclic) bond motifs is 1.